The van der Waals surface area contributed by atoms with Gasteiger partial charge < -0.3 is 4.90 Å². The summed E-state index contributed by atoms with van der Waals surface area (Å²) >= 11 is 0. The van der Waals surface area contributed by atoms with E-state index in [1.165, 1.54) is 11.0 Å². The van der Waals surface area contributed by atoms with E-state index in [1.54, 1.807) is 19.1 Å². The number of Topliss-reactive ketones (excluding diaryl/α,β-unsaturated/α-hetero) is 1. The van der Waals surface area contributed by atoms with Crippen LogP contribution in [0.5, 0.6) is 0 Å². The number of hydrogen-bond donors (Lipinski definition) is 0. The van der Waals surface area contributed by atoms with Crippen LogP contribution in [0.15, 0.2) is 42.5 Å². The number of carbonyl (C=O) groups excluding carboxylic acids is 2. The molecule has 1 heterocycles. The number of nitrogens with zero attached hydrogens (tertiary/aromatic N) is 1. The molecule has 0 spiro atoms. The normalized spacial score (nSPS) is 17.2. The molecule has 0 radical (unpaired) electrons. The lowest BCUT2D eigenvalue weighted by Crippen LogP contribution is -2.44. The molecule has 0 saturated heterocycles. The zero-order chi connectivity index (χ0) is 19.1. The Morgan fingerprint density at radius 3 is 2.38 bits per heavy atom. The number of rotatable bonds is 2. The van der Waals surface area contributed by atoms with Crippen molar-refractivity contribution in [3.8, 4) is 0 Å². The van der Waals surface area contributed by atoms with E-state index < -0.39 is 17.8 Å². The predicted molar refractivity (Wildman–Crippen MR) is 92.5 cm³/mol. The molecule has 6 heteroatoms. The third-order valence-corrected chi connectivity index (χ3v) is 4.63. The third-order valence-electron chi connectivity index (χ3n) is 4.63. The highest BCUT2D eigenvalue weighted by Crippen LogP contribution is 2.37. The quantitative estimate of drug-likeness (QED) is 0.764. The highest BCUT2D eigenvalue weighted by molar-refractivity contribution is 6.14. The fourth-order valence-corrected chi connectivity index (χ4v) is 3.18. The summed E-state index contributed by atoms with van der Waals surface area (Å²) in [4.78, 5) is 26.6. The van der Waals surface area contributed by atoms with Crippen LogP contribution in [0.3, 0.4) is 0 Å². The summed E-state index contributed by atoms with van der Waals surface area (Å²) in [7, 11) is 0. The van der Waals surface area contributed by atoms with Crippen molar-refractivity contribution >= 4 is 17.4 Å². The molecule has 0 aliphatic carbocycles. The number of fused-ring (bicyclic) bond motifs is 1. The van der Waals surface area contributed by atoms with E-state index in [0.29, 0.717) is 5.56 Å². The lowest BCUT2D eigenvalue weighted by atomic mass is 9.92. The van der Waals surface area contributed by atoms with E-state index in [1.807, 2.05) is 19.1 Å². The fourth-order valence-electron chi connectivity index (χ4n) is 3.18. The van der Waals surface area contributed by atoms with Gasteiger partial charge in [-0.3, -0.25) is 9.59 Å². The Hall–Kier alpha value is -2.63. The van der Waals surface area contributed by atoms with Crippen molar-refractivity contribution in [3.63, 3.8) is 0 Å². The number of alkyl halides is 3. The second-order valence-corrected chi connectivity index (χ2v) is 6.43. The average molecular weight is 361 g/mol. The van der Waals surface area contributed by atoms with Gasteiger partial charge in [0.2, 0.25) is 0 Å². The van der Waals surface area contributed by atoms with Crippen LogP contribution >= 0.6 is 0 Å². The summed E-state index contributed by atoms with van der Waals surface area (Å²) in [5.41, 5.74) is 0.800. The van der Waals surface area contributed by atoms with Crippen LogP contribution in [0.4, 0.5) is 18.9 Å². The number of amides is 1. The first-order valence-electron chi connectivity index (χ1n) is 8.39. The molecule has 0 saturated carbocycles. The fraction of sp³-hybridized carbons (Fsp3) is 0.300. The lowest BCUT2D eigenvalue weighted by Gasteiger charge is -2.35. The summed E-state index contributed by atoms with van der Waals surface area (Å²) < 4.78 is 38.9. The number of aryl methyl sites for hydroxylation is 1. The van der Waals surface area contributed by atoms with E-state index in [-0.39, 0.29) is 29.4 Å². The Morgan fingerprint density at radius 1 is 1.15 bits per heavy atom. The van der Waals surface area contributed by atoms with Gasteiger partial charge in [0.15, 0.2) is 5.78 Å². The maximum atomic E-state index is 13.0. The van der Waals surface area contributed by atoms with Gasteiger partial charge in [0, 0.05) is 23.6 Å². The highest BCUT2D eigenvalue weighted by atomic mass is 19.4. The molecule has 1 unspecified atom stereocenters. The minimum absolute atomic E-state index is 0.00685. The maximum Gasteiger partial charge on any atom is 0.416 e. The Labute approximate surface area is 149 Å². The minimum Gasteiger partial charge on any atom is -0.304 e. The molecular weight excluding hydrogens is 343 g/mol. The van der Waals surface area contributed by atoms with Crippen molar-refractivity contribution < 1.29 is 22.8 Å². The second kappa shape index (κ2) is 6.59. The summed E-state index contributed by atoms with van der Waals surface area (Å²) in [6.45, 7) is 3.72. The van der Waals surface area contributed by atoms with Crippen LogP contribution in [0.1, 0.15) is 52.1 Å². The van der Waals surface area contributed by atoms with Gasteiger partial charge in [-0.05, 0) is 49.2 Å². The molecule has 1 aliphatic heterocycles. The molecule has 2 aromatic carbocycles. The van der Waals surface area contributed by atoms with Gasteiger partial charge in [-0.25, -0.2) is 0 Å². The van der Waals surface area contributed by atoms with E-state index in [2.05, 4.69) is 0 Å². The van der Waals surface area contributed by atoms with Crippen molar-refractivity contribution in [2.24, 2.45) is 0 Å². The van der Waals surface area contributed by atoms with Gasteiger partial charge in [0.1, 0.15) is 0 Å². The molecule has 3 nitrogen and oxygen atoms in total. The number of anilines is 1. The van der Waals surface area contributed by atoms with E-state index >= 15 is 0 Å². The number of carbonyl (C=O) groups is 2. The second-order valence-electron chi connectivity index (χ2n) is 6.43. The first-order chi connectivity index (χ1) is 12.2. The van der Waals surface area contributed by atoms with Crippen LogP contribution in [-0.4, -0.2) is 17.7 Å². The first-order valence-corrected chi connectivity index (χ1v) is 8.39. The molecule has 0 fully saturated rings. The van der Waals surface area contributed by atoms with Gasteiger partial charge in [0.05, 0.1) is 11.3 Å². The lowest BCUT2D eigenvalue weighted by molar-refractivity contribution is -0.137. The Bertz CT molecular complexity index is 856. The summed E-state index contributed by atoms with van der Waals surface area (Å²) in [6, 6.07) is 9.63. The molecule has 3 rings (SSSR count). The zero-order valence-corrected chi connectivity index (χ0v) is 14.4. The molecule has 26 heavy (non-hydrogen) atoms. The number of benzene rings is 2. The van der Waals surface area contributed by atoms with Crippen molar-refractivity contribution in [2.75, 3.05) is 4.90 Å². The standard InChI is InChI=1S/C20H18F3NO2/c1-3-13-4-6-14(7-5-13)19(26)24-12(2)10-18(25)16-11-15(20(21,22)23)8-9-17(16)24/h4-9,11-12H,3,10H2,1-2H3. The van der Waals surface area contributed by atoms with Gasteiger partial charge in [-0.2, -0.15) is 13.2 Å². The van der Waals surface area contributed by atoms with Crippen LogP contribution < -0.4 is 4.90 Å². The van der Waals surface area contributed by atoms with Crippen LogP contribution in [0, 0.1) is 0 Å². The molecule has 1 amide bonds. The molecule has 0 N–H and O–H groups in total. The summed E-state index contributed by atoms with van der Waals surface area (Å²) in [6.07, 6.45) is -3.71. The van der Waals surface area contributed by atoms with E-state index in [4.69, 9.17) is 0 Å². The molecule has 0 bridgehead atoms. The Kier molecular flexibility index (Phi) is 4.61. The molecular formula is C20H18F3NO2. The van der Waals surface area contributed by atoms with Gasteiger partial charge in [0.25, 0.3) is 5.91 Å². The molecule has 136 valence electrons. The molecule has 1 atom stereocenters. The largest absolute Gasteiger partial charge is 0.416 e. The van der Waals surface area contributed by atoms with E-state index in [9.17, 15) is 22.8 Å². The van der Waals surface area contributed by atoms with Gasteiger partial charge in [-0.1, -0.05) is 19.1 Å². The van der Waals surface area contributed by atoms with E-state index in [0.717, 1.165) is 24.1 Å². The number of ketones is 1. The van der Waals surface area contributed by atoms with Gasteiger partial charge >= 0.3 is 6.18 Å². The zero-order valence-electron chi connectivity index (χ0n) is 14.4. The van der Waals surface area contributed by atoms with Crippen LogP contribution in [-0.2, 0) is 12.6 Å². The van der Waals surface area contributed by atoms with Crippen LogP contribution in [0.25, 0.3) is 0 Å². The van der Waals surface area contributed by atoms with Crippen LogP contribution in [0.2, 0.25) is 0 Å². The van der Waals surface area contributed by atoms with Crippen molar-refractivity contribution in [1.29, 1.82) is 0 Å². The maximum absolute atomic E-state index is 13.0. The smallest absolute Gasteiger partial charge is 0.304 e. The topological polar surface area (TPSA) is 37.4 Å². The summed E-state index contributed by atoms with van der Waals surface area (Å²) in [5.74, 6) is -0.711. The SMILES string of the molecule is CCc1ccc(C(=O)N2c3ccc(C(F)(F)F)cc3C(=O)CC2C)cc1. The molecule has 2 aromatic rings. The van der Waals surface area contributed by atoms with Gasteiger partial charge in [-0.15, -0.1) is 0 Å². The Balaban J connectivity index is 2.04. The summed E-state index contributed by atoms with van der Waals surface area (Å²) in [5, 5.41) is 0. The van der Waals surface area contributed by atoms with Crippen molar-refractivity contribution in [2.45, 2.75) is 38.9 Å². The first kappa shape index (κ1) is 18.2. The average Bonchev–Trinajstić information content (AvgIpc) is 2.60. The Morgan fingerprint density at radius 2 is 1.81 bits per heavy atom. The minimum atomic E-state index is -4.54. The van der Waals surface area contributed by atoms with Crippen molar-refractivity contribution in [3.05, 3.63) is 64.7 Å². The monoisotopic (exact) mass is 361 g/mol. The van der Waals surface area contributed by atoms with Crippen molar-refractivity contribution in [1.82, 2.24) is 0 Å². The number of hydrogen-bond acceptors (Lipinski definition) is 2. The number of halogens is 3. The third kappa shape index (κ3) is 3.23. The predicted octanol–water partition coefficient (Wildman–Crippen LogP) is 4.89. The molecule has 0 aromatic heterocycles. The molecule has 1 aliphatic rings. The highest BCUT2D eigenvalue weighted by Gasteiger charge is 2.37.